The van der Waals surface area contributed by atoms with Crippen molar-refractivity contribution in [1.29, 1.82) is 0 Å². The van der Waals surface area contributed by atoms with Gasteiger partial charge in [0.25, 0.3) is 0 Å². The third-order valence-corrected chi connectivity index (χ3v) is 2.64. The number of halogens is 1. The predicted molar refractivity (Wildman–Crippen MR) is 52.5 cm³/mol. The molecule has 0 bridgehead atoms. The van der Waals surface area contributed by atoms with Crippen molar-refractivity contribution in [2.45, 2.75) is 18.6 Å². The molecule has 0 aliphatic carbocycles. The van der Waals surface area contributed by atoms with Gasteiger partial charge in [-0.05, 0) is 30.5 Å². The summed E-state index contributed by atoms with van der Waals surface area (Å²) in [6.45, 7) is 0.749. The van der Waals surface area contributed by atoms with E-state index in [4.69, 9.17) is 22.1 Å². The van der Waals surface area contributed by atoms with E-state index < -0.39 is 5.72 Å². The SMILES string of the molecule is NC1(c2ccc(Cl)cc2)CCCO1. The van der Waals surface area contributed by atoms with Gasteiger partial charge in [-0.3, -0.25) is 5.73 Å². The van der Waals surface area contributed by atoms with E-state index in [1.54, 1.807) is 0 Å². The minimum Gasteiger partial charge on any atom is -0.357 e. The van der Waals surface area contributed by atoms with Gasteiger partial charge in [0, 0.05) is 11.6 Å². The van der Waals surface area contributed by atoms with E-state index in [0.717, 1.165) is 30.0 Å². The molecule has 1 atom stereocenters. The summed E-state index contributed by atoms with van der Waals surface area (Å²) >= 11 is 5.78. The second kappa shape index (κ2) is 3.29. The molecule has 1 saturated heterocycles. The van der Waals surface area contributed by atoms with E-state index in [0.29, 0.717) is 0 Å². The zero-order valence-electron chi connectivity index (χ0n) is 7.29. The van der Waals surface area contributed by atoms with Crippen LogP contribution in [-0.2, 0) is 10.5 Å². The van der Waals surface area contributed by atoms with Crippen LogP contribution in [0.15, 0.2) is 24.3 Å². The Labute approximate surface area is 82.6 Å². The Bertz CT molecular complexity index is 290. The monoisotopic (exact) mass is 197 g/mol. The largest absolute Gasteiger partial charge is 0.357 e. The maximum Gasteiger partial charge on any atom is 0.142 e. The molecule has 1 unspecified atom stereocenters. The molecule has 1 aliphatic heterocycles. The van der Waals surface area contributed by atoms with Crippen LogP contribution in [0.25, 0.3) is 0 Å². The van der Waals surface area contributed by atoms with Crippen LogP contribution >= 0.6 is 11.6 Å². The second-order valence-corrected chi connectivity index (χ2v) is 3.78. The molecule has 0 spiro atoms. The number of nitrogens with two attached hydrogens (primary N) is 1. The van der Waals surface area contributed by atoms with Crippen LogP contribution in [0.1, 0.15) is 18.4 Å². The summed E-state index contributed by atoms with van der Waals surface area (Å²) in [6.07, 6.45) is 1.91. The van der Waals surface area contributed by atoms with E-state index in [2.05, 4.69) is 0 Å². The normalized spacial score (nSPS) is 27.8. The molecular formula is C10H12ClNO. The third-order valence-electron chi connectivity index (χ3n) is 2.39. The van der Waals surface area contributed by atoms with Gasteiger partial charge in [-0.2, -0.15) is 0 Å². The van der Waals surface area contributed by atoms with Crippen molar-refractivity contribution in [3.63, 3.8) is 0 Å². The van der Waals surface area contributed by atoms with Crippen molar-refractivity contribution in [3.05, 3.63) is 34.9 Å². The molecule has 70 valence electrons. The Kier molecular flexibility index (Phi) is 2.28. The van der Waals surface area contributed by atoms with Crippen molar-refractivity contribution >= 4 is 11.6 Å². The molecule has 13 heavy (non-hydrogen) atoms. The van der Waals surface area contributed by atoms with Crippen LogP contribution in [0.2, 0.25) is 5.02 Å². The minimum absolute atomic E-state index is 0.579. The molecule has 0 amide bonds. The van der Waals surface area contributed by atoms with Crippen LogP contribution < -0.4 is 5.73 Å². The molecule has 0 saturated carbocycles. The Morgan fingerprint density at radius 1 is 1.31 bits per heavy atom. The Balaban J connectivity index is 2.29. The summed E-state index contributed by atoms with van der Waals surface area (Å²) in [5.41, 5.74) is 6.50. The fraction of sp³-hybridized carbons (Fsp3) is 0.400. The van der Waals surface area contributed by atoms with Gasteiger partial charge in [-0.1, -0.05) is 23.7 Å². The highest BCUT2D eigenvalue weighted by molar-refractivity contribution is 6.30. The van der Waals surface area contributed by atoms with Gasteiger partial charge >= 0.3 is 0 Å². The van der Waals surface area contributed by atoms with Gasteiger partial charge in [0.2, 0.25) is 0 Å². The fourth-order valence-corrected chi connectivity index (χ4v) is 1.75. The van der Waals surface area contributed by atoms with Crippen molar-refractivity contribution < 1.29 is 4.74 Å². The first-order chi connectivity index (χ1) is 6.21. The van der Waals surface area contributed by atoms with Crippen molar-refractivity contribution in [1.82, 2.24) is 0 Å². The van der Waals surface area contributed by atoms with Crippen LogP contribution in [-0.4, -0.2) is 6.61 Å². The van der Waals surface area contributed by atoms with Gasteiger partial charge in [0.1, 0.15) is 5.72 Å². The molecule has 1 heterocycles. The lowest BCUT2D eigenvalue weighted by Gasteiger charge is -2.23. The second-order valence-electron chi connectivity index (χ2n) is 3.35. The van der Waals surface area contributed by atoms with Crippen LogP contribution in [0, 0.1) is 0 Å². The average Bonchev–Trinajstić information content (AvgIpc) is 2.54. The standard InChI is InChI=1S/C10H12ClNO/c11-9-4-2-8(3-5-9)10(12)6-1-7-13-10/h2-5H,1,6-7,12H2. The zero-order valence-corrected chi connectivity index (χ0v) is 8.05. The molecule has 2 N–H and O–H groups in total. The Morgan fingerprint density at radius 3 is 2.54 bits per heavy atom. The van der Waals surface area contributed by atoms with Gasteiger partial charge < -0.3 is 4.74 Å². The first kappa shape index (κ1) is 9.00. The van der Waals surface area contributed by atoms with E-state index >= 15 is 0 Å². The molecule has 1 fully saturated rings. The molecule has 0 radical (unpaired) electrons. The van der Waals surface area contributed by atoms with E-state index in [1.807, 2.05) is 24.3 Å². The van der Waals surface area contributed by atoms with Gasteiger partial charge in [-0.15, -0.1) is 0 Å². The smallest absolute Gasteiger partial charge is 0.142 e. The van der Waals surface area contributed by atoms with Gasteiger partial charge in [0.05, 0.1) is 0 Å². The average molecular weight is 198 g/mol. The van der Waals surface area contributed by atoms with Crippen LogP contribution in [0.4, 0.5) is 0 Å². The number of ether oxygens (including phenoxy) is 1. The Morgan fingerprint density at radius 2 is 2.00 bits per heavy atom. The molecule has 1 aromatic carbocycles. The maximum atomic E-state index is 6.07. The first-order valence-electron chi connectivity index (χ1n) is 4.40. The Hall–Kier alpha value is -0.570. The van der Waals surface area contributed by atoms with Gasteiger partial charge in [-0.25, -0.2) is 0 Å². The quantitative estimate of drug-likeness (QED) is 0.750. The minimum atomic E-state index is -0.579. The number of benzene rings is 1. The molecule has 0 aromatic heterocycles. The van der Waals surface area contributed by atoms with E-state index in [-0.39, 0.29) is 0 Å². The summed E-state index contributed by atoms with van der Waals surface area (Å²) in [5, 5.41) is 0.727. The highest BCUT2D eigenvalue weighted by atomic mass is 35.5. The first-order valence-corrected chi connectivity index (χ1v) is 4.77. The lowest BCUT2D eigenvalue weighted by molar-refractivity contribution is 0.00568. The van der Waals surface area contributed by atoms with Crippen LogP contribution in [0.5, 0.6) is 0 Å². The van der Waals surface area contributed by atoms with Crippen LogP contribution in [0.3, 0.4) is 0 Å². The van der Waals surface area contributed by atoms with E-state index in [1.165, 1.54) is 0 Å². The molecule has 2 nitrogen and oxygen atoms in total. The number of rotatable bonds is 1. The predicted octanol–water partition coefficient (Wildman–Crippen LogP) is 2.26. The fourth-order valence-electron chi connectivity index (χ4n) is 1.62. The summed E-state index contributed by atoms with van der Waals surface area (Å²) in [6, 6.07) is 7.53. The maximum absolute atomic E-state index is 6.07. The number of hydrogen-bond acceptors (Lipinski definition) is 2. The summed E-state index contributed by atoms with van der Waals surface area (Å²) in [7, 11) is 0. The molecule has 2 rings (SSSR count). The zero-order chi connectivity index (χ0) is 9.31. The number of hydrogen-bond donors (Lipinski definition) is 1. The molecule has 3 heteroatoms. The highest BCUT2D eigenvalue weighted by Gasteiger charge is 2.32. The lowest BCUT2D eigenvalue weighted by Crippen LogP contribution is -2.35. The summed E-state index contributed by atoms with van der Waals surface area (Å²) < 4.78 is 5.50. The van der Waals surface area contributed by atoms with Crippen molar-refractivity contribution in [2.24, 2.45) is 5.73 Å². The molecular weight excluding hydrogens is 186 g/mol. The summed E-state index contributed by atoms with van der Waals surface area (Å²) in [4.78, 5) is 0. The topological polar surface area (TPSA) is 35.2 Å². The third kappa shape index (κ3) is 1.70. The molecule has 1 aromatic rings. The summed E-state index contributed by atoms with van der Waals surface area (Å²) in [5.74, 6) is 0. The van der Waals surface area contributed by atoms with E-state index in [9.17, 15) is 0 Å². The molecule has 1 aliphatic rings. The van der Waals surface area contributed by atoms with Crippen molar-refractivity contribution in [3.8, 4) is 0 Å². The van der Waals surface area contributed by atoms with Gasteiger partial charge in [0.15, 0.2) is 0 Å². The highest BCUT2D eigenvalue weighted by Crippen LogP contribution is 2.31. The lowest BCUT2D eigenvalue weighted by atomic mass is 10.0. The van der Waals surface area contributed by atoms with Crippen molar-refractivity contribution in [2.75, 3.05) is 6.61 Å².